The van der Waals surface area contributed by atoms with Crippen molar-refractivity contribution < 1.29 is 34.3 Å². The molecular weight excluding hydrogens is 478 g/mol. The quantitative estimate of drug-likeness (QED) is 0.168. The topological polar surface area (TPSA) is 154 Å². The molecule has 0 aromatic rings. The number of rotatable bonds is 4. The molecule has 5 aliphatic rings. The SMILES string of the molecule is COC(=O)[C@H]1CC[C@]2(N=[N+]=[N-])[C@@H]3CC[C@@H]4C[C@@H](O[C@@H]5O[C@@H](C)[C@H](O)[C@@H](O)[C@H]5O)CC[C@]4(C)[C@H]3CC[C@]12C. The van der Waals surface area contributed by atoms with E-state index in [0.29, 0.717) is 18.3 Å². The van der Waals surface area contributed by atoms with Crippen molar-refractivity contribution in [3.8, 4) is 0 Å². The minimum Gasteiger partial charge on any atom is -0.469 e. The number of esters is 1. The highest BCUT2D eigenvalue weighted by Gasteiger charge is 2.69. The fourth-order valence-electron chi connectivity index (χ4n) is 9.46. The molecule has 0 radical (unpaired) electrons. The monoisotopic (exact) mass is 521 g/mol. The molecule has 13 atom stereocenters. The van der Waals surface area contributed by atoms with Gasteiger partial charge in [0.2, 0.25) is 0 Å². The highest BCUT2D eigenvalue weighted by Crippen LogP contribution is 2.70. The molecule has 0 aromatic heterocycles. The summed E-state index contributed by atoms with van der Waals surface area (Å²) in [6.07, 6.45) is 2.40. The maximum Gasteiger partial charge on any atom is 0.309 e. The summed E-state index contributed by atoms with van der Waals surface area (Å²) in [6.45, 7) is 6.20. The zero-order valence-electron chi connectivity index (χ0n) is 22.5. The molecule has 0 aromatic carbocycles. The van der Waals surface area contributed by atoms with Gasteiger partial charge in [0, 0.05) is 4.91 Å². The van der Waals surface area contributed by atoms with Crippen LogP contribution in [0.3, 0.4) is 0 Å². The molecule has 10 nitrogen and oxygen atoms in total. The molecule has 5 fully saturated rings. The van der Waals surface area contributed by atoms with Gasteiger partial charge in [-0.1, -0.05) is 19.0 Å². The van der Waals surface area contributed by atoms with Crippen LogP contribution >= 0.6 is 0 Å². The van der Waals surface area contributed by atoms with Crippen LogP contribution in [0.4, 0.5) is 0 Å². The molecule has 1 saturated heterocycles. The van der Waals surface area contributed by atoms with Crippen LogP contribution in [0, 0.1) is 34.5 Å². The van der Waals surface area contributed by atoms with Crippen LogP contribution in [0.5, 0.6) is 0 Å². The average molecular weight is 522 g/mol. The Hall–Kier alpha value is -1.42. The molecule has 208 valence electrons. The van der Waals surface area contributed by atoms with Gasteiger partial charge in [0.1, 0.15) is 18.3 Å². The predicted octanol–water partition coefficient (Wildman–Crippen LogP) is 3.46. The zero-order chi connectivity index (χ0) is 26.8. The molecule has 1 heterocycles. The van der Waals surface area contributed by atoms with Crippen LogP contribution in [0.2, 0.25) is 0 Å². The van der Waals surface area contributed by atoms with E-state index in [1.807, 2.05) is 0 Å². The number of ether oxygens (including phenoxy) is 3. The highest BCUT2D eigenvalue weighted by molar-refractivity contribution is 5.74. The van der Waals surface area contributed by atoms with Gasteiger partial charge in [-0.25, -0.2) is 0 Å². The Balaban J connectivity index is 1.34. The molecule has 0 spiro atoms. The molecule has 3 N–H and O–H groups in total. The largest absolute Gasteiger partial charge is 0.469 e. The summed E-state index contributed by atoms with van der Waals surface area (Å²) >= 11 is 0. The van der Waals surface area contributed by atoms with Crippen molar-refractivity contribution in [2.24, 2.45) is 39.6 Å². The zero-order valence-corrected chi connectivity index (χ0v) is 22.5. The summed E-state index contributed by atoms with van der Waals surface area (Å²) in [6, 6.07) is 0. The molecular formula is C27H43N3O7. The minimum absolute atomic E-state index is 0.0699. The maximum absolute atomic E-state index is 12.7. The number of nitrogens with zero attached hydrogens (tertiary/aromatic N) is 3. The molecule has 5 rings (SSSR count). The van der Waals surface area contributed by atoms with Gasteiger partial charge in [0.05, 0.1) is 30.8 Å². The Morgan fingerprint density at radius 3 is 2.46 bits per heavy atom. The summed E-state index contributed by atoms with van der Waals surface area (Å²) in [4.78, 5) is 16.1. The smallest absolute Gasteiger partial charge is 0.309 e. The minimum atomic E-state index is -1.30. The summed E-state index contributed by atoms with van der Waals surface area (Å²) < 4.78 is 17.1. The summed E-state index contributed by atoms with van der Waals surface area (Å²) in [5.41, 5.74) is 8.77. The first-order chi connectivity index (χ1) is 17.5. The Kier molecular flexibility index (Phi) is 7.08. The second kappa shape index (κ2) is 9.65. The number of aliphatic hydroxyl groups is 3. The lowest BCUT2D eigenvalue weighted by molar-refractivity contribution is -0.309. The molecule has 4 saturated carbocycles. The number of hydrogen-bond acceptors (Lipinski definition) is 8. The Bertz CT molecular complexity index is 945. The predicted molar refractivity (Wildman–Crippen MR) is 133 cm³/mol. The molecule has 1 aliphatic heterocycles. The Labute approximate surface area is 218 Å². The lowest BCUT2D eigenvalue weighted by atomic mass is 9.42. The second-order valence-corrected chi connectivity index (χ2v) is 12.9. The lowest BCUT2D eigenvalue weighted by Crippen LogP contribution is -2.62. The van der Waals surface area contributed by atoms with Crippen LogP contribution < -0.4 is 0 Å². The van der Waals surface area contributed by atoms with Gasteiger partial charge in [-0.05, 0) is 98.8 Å². The van der Waals surface area contributed by atoms with Crippen molar-refractivity contribution in [1.29, 1.82) is 0 Å². The second-order valence-electron chi connectivity index (χ2n) is 12.9. The van der Waals surface area contributed by atoms with Crippen molar-refractivity contribution in [3.63, 3.8) is 0 Å². The van der Waals surface area contributed by atoms with Crippen LogP contribution in [-0.4, -0.2) is 70.7 Å². The van der Waals surface area contributed by atoms with Gasteiger partial charge in [0.15, 0.2) is 6.29 Å². The Morgan fingerprint density at radius 1 is 1.00 bits per heavy atom. The van der Waals surface area contributed by atoms with Crippen molar-refractivity contribution >= 4 is 5.97 Å². The number of azide groups is 1. The number of hydrogen-bond donors (Lipinski definition) is 3. The van der Waals surface area contributed by atoms with Crippen LogP contribution in [0.15, 0.2) is 5.11 Å². The van der Waals surface area contributed by atoms with Gasteiger partial charge in [-0.2, -0.15) is 0 Å². The third-order valence-corrected chi connectivity index (χ3v) is 11.6. The first kappa shape index (κ1) is 27.2. The van der Waals surface area contributed by atoms with Gasteiger partial charge in [-0.3, -0.25) is 4.79 Å². The van der Waals surface area contributed by atoms with Gasteiger partial charge in [-0.15, -0.1) is 0 Å². The third-order valence-electron chi connectivity index (χ3n) is 11.6. The van der Waals surface area contributed by atoms with Crippen LogP contribution in [-0.2, 0) is 19.0 Å². The van der Waals surface area contributed by atoms with Gasteiger partial charge in [0.25, 0.3) is 0 Å². The number of carbonyl (C=O) groups excluding carboxylic acids is 1. The maximum atomic E-state index is 12.7. The first-order valence-electron chi connectivity index (χ1n) is 14.0. The van der Waals surface area contributed by atoms with E-state index in [9.17, 15) is 25.6 Å². The van der Waals surface area contributed by atoms with Crippen LogP contribution in [0.25, 0.3) is 10.4 Å². The van der Waals surface area contributed by atoms with Crippen molar-refractivity contribution in [3.05, 3.63) is 10.4 Å². The Morgan fingerprint density at radius 2 is 1.76 bits per heavy atom. The van der Waals surface area contributed by atoms with Crippen LogP contribution in [0.1, 0.15) is 78.6 Å². The summed E-state index contributed by atoms with van der Waals surface area (Å²) in [5, 5.41) is 35.2. The molecule has 0 unspecified atom stereocenters. The molecule has 4 aliphatic carbocycles. The van der Waals surface area contributed by atoms with E-state index in [-0.39, 0.29) is 29.3 Å². The number of fused-ring (bicyclic) bond motifs is 5. The standard InChI is InChI=1S/C27H43N3O7/c1-14-20(31)21(32)22(33)24(36-14)37-16-7-10-25(2)15(13-16)5-6-18-17(25)8-11-26(3)19(23(34)35-4)9-12-27(18,26)29-30-28/h14-22,24,31-33H,5-13H2,1-4H3/t14-,15+,16-,17-,18+,19+,20-,21+,22+,24-,25-,26+,27-/m0/s1. The number of carbonyl (C=O) groups is 1. The van der Waals surface area contributed by atoms with Crippen molar-refractivity contribution in [1.82, 2.24) is 0 Å². The summed E-state index contributed by atoms with van der Waals surface area (Å²) in [7, 11) is 1.44. The van der Waals surface area contributed by atoms with E-state index < -0.39 is 41.7 Å². The van der Waals surface area contributed by atoms with Crippen molar-refractivity contribution in [2.75, 3.05) is 7.11 Å². The average Bonchev–Trinajstić information content (AvgIpc) is 3.18. The van der Waals surface area contributed by atoms with Crippen molar-refractivity contribution in [2.45, 2.75) is 121 Å². The van der Waals surface area contributed by atoms with E-state index >= 15 is 0 Å². The van der Waals surface area contributed by atoms with Gasteiger partial charge < -0.3 is 29.5 Å². The molecule has 0 bridgehead atoms. The molecule has 10 heteroatoms. The normalized spacial score (nSPS) is 53.3. The third kappa shape index (κ3) is 3.94. The van der Waals surface area contributed by atoms with E-state index in [0.717, 1.165) is 51.4 Å². The first-order valence-corrected chi connectivity index (χ1v) is 14.0. The van der Waals surface area contributed by atoms with E-state index in [1.165, 1.54) is 7.11 Å². The molecule has 0 amide bonds. The highest BCUT2D eigenvalue weighted by atomic mass is 16.7. The fourth-order valence-corrected chi connectivity index (χ4v) is 9.46. The number of methoxy groups -OCH3 is 1. The van der Waals surface area contributed by atoms with E-state index in [4.69, 9.17) is 14.2 Å². The molecule has 37 heavy (non-hydrogen) atoms. The van der Waals surface area contributed by atoms with Gasteiger partial charge >= 0.3 is 5.97 Å². The van der Waals surface area contributed by atoms with E-state index in [1.54, 1.807) is 6.92 Å². The fraction of sp³-hybridized carbons (Fsp3) is 0.963. The lowest BCUT2D eigenvalue weighted by Gasteiger charge is -2.64. The summed E-state index contributed by atoms with van der Waals surface area (Å²) in [5.74, 6) is 0.628. The van der Waals surface area contributed by atoms with E-state index in [2.05, 4.69) is 23.9 Å². The number of aliphatic hydroxyl groups excluding tert-OH is 3.